The van der Waals surface area contributed by atoms with Crippen LogP contribution in [0.25, 0.3) is 0 Å². The number of carbonyl (C=O) groups excluding carboxylic acids is 1. The lowest BCUT2D eigenvalue weighted by Crippen LogP contribution is -2.34. The first-order valence-electron chi connectivity index (χ1n) is 5.67. The van der Waals surface area contributed by atoms with Gasteiger partial charge < -0.3 is 5.32 Å². The zero-order chi connectivity index (χ0) is 13.8. The molecule has 1 aromatic carbocycles. The van der Waals surface area contributed by atoms with E-state index in [0.717, 1.165) is 6.07 Å². The van der Waals surface area contributed by atoms with E-state index in [9.17, 15) is 13.6 Å². The fourth-order valence-electron chi connectivity index (χ4n) is 1.62. The van der Waals surface area contributed by atoms with E-state index >= 15 is 0 Å². The lowest BCUT2D eigenvalue weighted by atomic mass is 9.83. The topological polar surface area (TPSA) is 52.9 Å². The monoisotopic (exact) mass is 252 g/mol. The normalized spacial score (nSPS) is 10.8. The Balaban J connectivity index is 3.01. The van der Waals surface area contributed by atoms with Crippen LogP contribution in [-0.4, -0.2) is 5.91 Å². The standard InChI is InChI=1S/C13H14F2N2O/c1-3-13(4-2,8-16)12(18)17-10-7-5-6-9(14)11(10)15/h5-7H,3-4H2,1-2H3,(H,17,18). The summed E-state index contributed by atoms with van der Waals surface area (Å²) in [6.45, 7) is 3.41. The molecule has 0 radical (unpaired) electrons. The second kappa shape index (κ2) is 5.58. The van der Waals surface area contributed by atoms with Crippen molar-refractivity contribution in [3.05, 3.63) is 29.8 Å². The predicted molar refractivity (Wildman–Crippen MR) is 63.6 cm³/mol. The molecule has 18 heavy (non-hydrogen) atoms. The average Bonchev–Trinajstić information content (AvgIpc) is 2.38. The Morgan fingerprint density at radius 3 is 2.50 bits per heavy atom. The van der Waals surface area contributed by atoms with Gasteiger partial charge in [-0.25, -0.2) is 8.78 Å². The van der Waals surface area contributed by atoms with Crippen molar-refractivity contribution < 1.29 is 13.6 Å². The van der Waals surface area contributed by atoms with Gasteiger partial charge in [-0.15, -0.1) is 0 Å². The molecule has 5 heteroatoms. The maximum atomic E-state index is 13.4. The number of rotatable bonds is 4. The van der Waals surface area contributed by atoms with E-state index in [1.165, 1.54) is 12.1 Å². The minimum Gasteiger partial charge on any atom is -0.322 e. The summed E-state index contributed by atoms with van der Waals surface area (Å²) in [6, 6.07) is 5.45. The molecule has 1 N–H and O–H groups in total. The fraction of sp³-hybridized carbons (Fsp3) is 0.385. The molecular weight excluding hydrogens is 238 g/mol. The SMILES string of the molecule is CCC(C#N)(CC)C(=O)Nc1cccc(F)c1F. The van der Waals surface area contributed by atoms with E-state index in [1.54, 1.807) is 13.8 Å². The molecule has 0 unspecified atom stereocenters. The summed E-state index contributed by atoms with van der Waals surface area (Å²) in [5, 5.41) is 11.3. The molecule has 96 valence electrons. The summed E-state index contributed by atoms with van der Waals surface area (Å²) in [7, 11) is 0. The van der Waals surface area contributed by atoms with Crippen LogP contribution in [0, 0.1) is 28.4 Å². The van der Waals surface area contributed by atoms with E-state index in [-0.39, 0.29) is 5.69 Å². The third-order valence-corrected chi connectivity index (χ3v) is 3.06. The van der Waals surface area contributed by atoms with Crippen molar-refractivity contribution >= 4 is 11.6 Å². The van der Waals surface area contributed by atoms with Gasteiger partial charge in [-0.2, -0.15) is 5.26 Å². The van der Waals surface area contributed by atoms with Crippen LogP contribution in [0.3, 0.4) is 0 Å². The van der Waals surface area contributed by atoms with Crippen molar-refractivity contribution in [1.29, 1.82) is 5.26 Å². The molecule has 1 aromatic rings. The smallest absolute Gasteiger partial charge is 0.244 e. The van der Waals surface area contributed by atoms with Crippen molar-refractivity contribution in [2.24, 2.45) is 5.41 Å². The second-order valence-corrected chi connectivity index (χ2v) is 3.96. The summed E-state index contributed by atoms with van der Waals surface area (Å²) < 4.78 is 26.4. The van der Waals surface area contributed by atoms with E-state index in [2.05, 4.69) is 5.32 Å². The largest absolute Gasteiger partial charge is 0.322 e. The zero-order valence-electron chi connectivity index (χ0n) is 10.3. The highest BCUT2D eigenvalue weighted by Crippen LogP contribution is 2.28. The Bertz CT molecular complexity index is 490. The van der Waals surface area contributed by atoms with Crippen LogP contribution in [0.5, 0.6) is 0 Å². The van der Waals surface area contributed by atoms with Gasteiger partial charge in [-0.1, -0.05) is 19.9 Å². The molecule has 0 fully saturated rings. The number of nitrogens with one attached hydrogen (secondary N) is 1. The number of benzene rings is 1. The van der Waals surface area contributed by atoms with E-state index < -0.39 is 23.0 Å². The highest BCUT2D eigenvalue weighted by Gasteiger charge is 2.35. The molecule has 3 nitrogen and oxygen atoms in total. The number of nitrogens with zero attached hydrogens (tertiary/aromatic N) is 1. The first-order valence-corrected chi connectivity index (χ1v) is 5.67. The maximum absolute atomic E-state index is 13.4. The Morgan fingerprint density at radius 1 is 1.39 bits per heavy atom. The van der Waals surface area contributed by atoms with Gasteiger partial charge in [0.25, 0.3) is 0 Å². The Labute approximate surface area is 104 Å². The van der Waals surface area contributed by atoms with Gasteiger partial charge in [-0.3, -0.25) is 4.79 Å². The van der Waals surface area contributed by atoms with Crippen molar-refractivity contribution in [2.45, 2.75) is 26.7 Å². The highest BCUT2D eigenvalue weighted by atomic mass is 19.2. The molecule has 0 heterocycles. The van der Waals surface area contributed by atoms with Crippen LogP contribution in [0.2, 0.25) is 0 Å². The van der Waals surface area contributed by atoms with Crippen molar-refractivity contribution in [2.75, 3.05) is 5.32 Å². The molecule has 0 aliphatic carbocycles. The average molecular weight is 252 g/mol. The lowest BCUT2D eigenvalue weighted by molar-refractivity contribution is -0.123. The quantitative estimate of drug-likeness (QED) is 0.894. The first kappa shape index (κ1) is 14.1. The number of amides is 1. The van der Waals surface area contributed by atoms with Crippen molar-refractivity contribution in [3.63, 3.8) is 0 Å². The number of hydrogen-bond acceptors (Lipinski definition) is 2. The fourth-order valence-corrected chi connectivity index (χ4v) is 1.62. The van der Waals surface area contributed by atoms with Crippen LogP contribution in [-0.2, 0) is 4.79 Å². The van der Waals surface area contributed by atoms with E-state index in [0.29, 0.717) is 12.8 Å². The zero-order valence-corrected chi connectivity index (χ0v) is 10.3. The summed E-state index contributed by atoms with van der Waals surface area (Å²) in [5.74, 6) is -2.77. The summed E-state index contributed by atoms with van der Waals surface area (Å²) in [5.41, 5.74) is -1.46. The van der Waals surface area contributed by atoms with Crippen LogP contribution < -0.4 is 5.32 Å². The van der Waals surface area contributed by atoms with Crippen LogP contribution in [0.15, 0.2) is 18.2 Å². The summed E-state index contributed by atoms with van der Waals surface area (Å²) in [4.78, 5) is 12.0. The number of hydrogen-bond donors (Lipinski definition) is 1. The van der Waals surface area contributed by atoms with Crippen LogP contribution in [0.4, 0.5) is 14.5 Å². The first-order chi connectivity index (χ1) is 8.50. The molecule has 0 aromatic heterocycles. The summed E-state index contributed by atoms with van der Waals surface area (Å²) in [6.07, 6.45) is 0.617. The predicted octanol–water partition coefficient (Wildman–Crippen LogP) is 3.23. The summed E-state index contributed by atoms with van der Waals surface area (Å²) >= 11 is 0. The molecular formula is C13H14F2N2O. The Kier molecular flexibility index (Phi) is 4.38. The minimum atomic E-state index is -1.21. The maximum Gasteiger partial charge on any atom is 0.244 e. The van der Waals surface area contributed by atoms with E-state index in [4.69, 9.17) is 5.26 Å². The molecule has 0 saturated heterocycles. The number of nitriles is 1. The third kappa shape index (κ3) is 2.48. The Morgan fingerprint density at radius 2 is 2.00 bits per heavy atom. The highest BCUT2D eigenvalue weighted by molar-refractivity contribution is 5.97. The lowest BCUT2D eigenvalue weighted by Gasteiger charge is -2.22. The molecule has 0 atom stereocenters. The van der Waals surface area contributed by atoms with Gasteiger partial charge in [0.1, 0.15) is 5.41 Å². The van der Waals surface area contributed by atoms with E-state index in [1.807, 2.05) is 6.07 Å². The molecule has 0 spiro atoms. The Hall–Kier alpha value is -1.96. The van der Waals surface area contributed by atoms with Crippen molar-refractivity contribution in [3.8, 4) is 6.07 Å². The van der Waals surface area contributed by atoms with Crippen molar-refractivity contribution in [1.82, 2.24) is 0 Å². The molecule has 0 aliphatic heterocycles. The van der Waals surface area contributed by atoms with Gasteiger partial charge in [0.05, 0.1) is 11.8 Å². The third-order valence-electron chi connectivity index (χ3n) is 3.06. The van der Waals surface area contributed by atoms with Gasteiger partial charge in [0, 0.05) is 0 Å². The molecule has 0 aliphatic rings. The number of halogens is 2. The second-order valence-electron chi connectivity index (χ2n) is 3.96. The van der Waals surface area contributed by atoms with Gasteiger partial charge >= 0.3 is 0 Å². The van der Waals surface area contributed by atoms with Crippen LogP contribution in [0.1, 0.15) is 26.7 Å². The molecule has 1 amide bonds. The molecule has 0 bridgehead atoms. The van der Waals surface area contributed by atoms with Crippen LogP contribution >= 0.6 is 0 Å². The molecule has 0 saturated carbocycles. The number of anilines is 1. The number of carbonyl (C=O) groups is 1. The molecule has 1 rings (SSSR count). The minimum absolute atomic E-state index is 0.249. The van der Waals surface area contributed by atoms with Gasteiger partial charge in [-0.05, 0) is 25.0 Å². The van der Waals surface area contributed by atoms with Gasteiger partial charge in [0.15, 0.2) is 11.6 Å². The van der Waals surface area contributed by atoms with Gasteiger partial charge in [0.2, 0.25) is 5.91 Å².